The first-order valence-electron chi connectivity index (χ1n) is 9.33. The quantitative estimate of drug-likeness (QED) is 0.923. The zero-order chi connectivity index (χ0) is 18.1. The fourth-order valence-corrected chi connectivity index (χ4v) is 3.85. The Morgan fingerprint density at radius 1 is 0.962 bits per heavy atom. The van der Waals surface area contributed by atoms with E-state index >= 15 is 0 Å². The Kier molecular flexibility index (Phi) is 4.49. The number of likely N-dealkylation sites (tertiary alicyclic amines) is 1. The molecule has 0 aromatic heterocycles. The molecule has 2 atom stereocenters. The van der Waals surface area contributed by atoms with Gasteiger partial charge in [0.05, 0.1) is 5.92 Å². The topological polar surface area (TPSA) is 49.4 Å². The van der Waals surface area contributed by atoms with Gasteiger partial charge in [-0.3, -0.25) is 9.59 Å². The van der Waals surface area contributed by atoms with Gasteiger partial charge in [-0.1, -0.05) is 42.5 Å². The van der Waals surface area contributed by atoms with Crippen molar-refractivity contribution in [3.05, 3.63) is 71.3 Å². The molecule has 0 bridgehead atoms. The van der Waals surface area contributed by atoms with Crippen LogP contribution >= 0.6 is 0 Å². The van der Waals surface area contributed by atoms with Crippen molar-refractivity contribution in [3.63, 3.8) is 0 Å². The third kappa shape index (κ3) is 3.36. The largest absolute Gasteiger partial charge is 0.353 e. The highest BCUT2D eigenvalue weighted by Gasteiger charge is 2.42. The summed E-state index contributed by atoms with van der Waals surface area (Å²) in [6, 6.07) is 17.9. The number of benzene rings is 2. The van der Waals surface area contributed by atoms with E-state index in [9.17, 15) is 9.59 Å². The number of carbonyl (C=O) groups is 2. The molecule has 1 aliphatic heterocycles. The molecule has 2 amide bonds. The fraction of sp³-hybridized carbons (Fsp3) is 0.364. The normalized spacial score (nSPS) is 22.3. The standard InChI is InChI=1S/C22H24N2O2/c1-15-7-5-6-10-18(15)19-13-24(22(26)16-8-3-2-4-9-16)14-20(19)21(25)23-17-11-12-17/h2-10,17,19-20H,11-14H2,1H3,(H,23,25). The summed E-state index contributed by atoms with van der Waals surface area (Å²) < 4.78 is 0. The minimum Gasteiger partial charge on any atom is -0.353 e. The predicted octanol–water partition coefficient (Wildman–Crippen LogP) is 3.13. The number of hydrogen-bond acceptors (Lipinski definition) is 2. The second-order valence-corrected chi connectivity index (χ2v) is 7.43. The molecule has 1 saturated carbocycles. The van der Waals surface area contributed by atoms with Gasteiger partial charge in [0.25, 0.3) is 5.91 Å². The van der Waals surface area contributed by atoms with E-state index in [1.54, 1.807) is 0 Å². The van der Waals surface area contributed by atoms with E-state index in [-0.39, 0.29) is 23.7 Å². The Hall–Kier alpha value is -2.62. The lowest BCUT2D eigenvalue weighted by Crippen LogP contribution is -2.36. The van der Waals surface area contributed by atoms with Gasteiger partial charge < -0.3 is 10.2 Å². The van der Waals surface area contributed by atoms with Crippen molar-refractivity contribution in [1.82, 2.24) is 10.2 Å². The third-order valence-electron chi connectivity index (χ3n) is 5.48. The first kappa shape index (κ1) is 16.8. The predicted molar refractivity (Wildman–Crippen MR) is 101 cm³/mol. The lowest BCUT2D eigenvalue weighted by Gasteiger charge is -2.19. The Labute approximate surface area is 154 Å². The van der Waals surface area contributed by atoms with Crippen molar-refractivity contribution in [3.8, 4) is 0 Å². The van der Waals surface area contributed by atoms with Crippen LogP contribution < -0.4 is 5.32 Å². The van der Waals surface area contributed by atoms with Crippen LogP contribution in [0.15, 0.2) is 54.6 Å². The van der Waals surface area contributed by atoms with E-state index in [4.69, 9.17) is 0 Å². The molecule has 1 saturated heterocycles. The van der Waals surface area contributed by atoms with Crippen molar-refractivity contribution in [2.75, 3.05) is 13.1 Å². The molecule has 2 aliphatic rings. The fourth-order valence-electron chi connectivity index (χ4n) is 3.85. The maximum Gasteiger partial charge on any atom is 0.253 e. The molecule has 0 spiro atoms. The van der Waals surface area contributed by atoms with Gasteiger partial charge in [0, 0.05) is 30.6 Å². The Morgan fingerprint density at radius 3 is 2.35 bits per heavy atom. The molecule has 4 rings (SSSR count). The summed E-state index contributed by atoms with van der Waals surface area (Å²) in [4.78, 5) is 27.6. The molecule has 0 radical (unpaired) electrons. The number of aryl methyl sites for hydroxylation is 1. The number of nitrogens with one attached hydrogen (secondary N) is 1. The van der Waals surface area contributed by atoms with Crippen LogP contribution in [0.4, 0.5) is 0 Å². The highest BCUT2D eigenvalue weighted by molar-refractivity contribution is 5.95. The van der Waals surface area contributed by atoms with E-state index in [0.29, 0.717) is 24.7 Å². The monoisotopic (exact) mass is 348 g/mol. The van der Waals surface area contributed by atoms with E-state index in [1.165, 1.54) is 11.1 Å². The van der Waals surface area contributed by atoms with Gasteiger partial charge in [-0.15, -0.1) is 0 Å². The average Bonchev–Trinajstić information content (AvgIpc) is 3.37. The molecule has 134 valence electrons. The SMILES string of the molecule is Cc1ccccc1C1CN(C(=O)c2ccccc2)CC1C(=O)NC1CC1. The highest BCUT2D eigenvalue weighted by atomic mass is 16.2. The molecular weight excluding hydrogens is 324 g/mol. The highest BCUT2D eigenvalue weighted by Crippen LogP contribution is 2.36. The molecule has 2 aromatic rings. The van der Waals surface area contributed by atoms with Gasteiger partial charge >= 0.3 is 0 Å². The zero-order valence-corrected chi connectivity index (χ0v) is 15.0. The van der Waals surface area contributed by atoms with Crippen LogP contribution in [0.5, 0.6) is 0 Å². The van der Waals surface area contributed by atoms with Crippen LogP contribution in [-0.4, -0.2) is 35.8 Å². The summed E-state index contributed by atoms with van der Waals surface area (Å²) in [5, 5.41) is 3.14. The van der Waals surface area contributed by atoms with Gasteiger partial charge in [0.15, 0.2) is 0 Å². The van der Waals surface area contributed by atoms with Crippen LogP contribution in [0.25, 0.3) is 0 Å². The van der Waals surface area contributed by atoms with Crippen molar-refractivity contribution in [1.29, 1.82) is 0 Å². The average molecular weight is 348 g/mol. The number of rotatable bonds is 4. The number of carbonyl (C=O) groups excluding carboxylic acids is 2. The minimum absolute atomic E-state index is 0.00547. The van der Waals surface area contributed by atoms with Crippen LogP contribution in [0.1, 0.15) is 40.2 Å². The van der Waals surface area contributed by atoms with E-state index in [1.807, 2.05) is 47.4 Å². The summed E-state index contributed by atoms with van der Waals surface area (Å²) in [6.45, 7) is 3.14. The smallest absolute Gasteiger partial charge is 0.253 e. The van der Waals surface area contributed by atoms with Crippen LogP contribution in [0.2, 0.25) is 0 Å². The molecule has 2 unspecified atom stereocenters. The molecule has 4 heteroatoms. The Morgan fingerprint density at radius 2 is 1.65 bits per heavy atom. The first-order valence-corrected chi connectivity index (χ1v) is 9.33. The number of amides is 2. The third-order valence-corrected chi connectivity index (χ3v) is 5.48. The second kappa shape index (κ2) is 6.94. The lowest BCUT2D eigenvalue weighted by atomic mass is 9.86. The van der Waals surface area contributed by atoms with Gasteiger partial charge in [0.2, 0.25) is 5.91 Å². The first-order chi connectivity index (χ1) is 12.6. The molecule has 2 aromatic carbocycles. The van der Waals surface area contributed by atoms with Crippen molar-refractivity contribution in [2.24, 2.45) is 5.92 Å². The van der Waals surface area contributed by atoms with E-state index < -0.39 is 0 Å². The summed E-state index contributed by atoms with van der Waals surface area (Å²) in [5.74, 6) is -0.0537. The second-order valence-electron chi connectivity index (χ2n) is 7.43. The molecule has 4 nitrogen and oxygen atoms in total. The van der Waals surface area contributed by atoms with Gasteiger partial charge in [0.1, 0.15) is 0 Å². The molecular formula is C22H24N2O2. The zero-order valence-electron chi connectivity index (χ0n) is 15.0. The summed E-state index contributed by atoms with van der Waals surface area (Å²) in [7, 11) is 0. The number of hydrogen-bond donors (Lipinski definition) is 1. The van der Waals surface area contributed by atoms with Crippen molar-refractivity contribution in [2.45, 2.75) is 31.7 Å². The Balaban J connectivity index is 1.60. The number of nitrogens with zero attached hydrogens (tertiary/aromatic N) is 1. The molecule has 26 heavy (non-hydrogen) atoms. The minimum atomic E-state index is -0.190. The maximum absolute atomic E-state index is 12.9. The van der Waals surface area contributed by atoms with Crippen LogP contribution in [-0.2, 0) is 4.79 Å². The van der Waals surface area contributed by atoms with Gasteiger partial charge in [-0.25, -0.2) is 0 Å². The summed E-state index contributed by atoms with van der Waals surface area (Å²) >= 11 is 0. The van der Waals surface area contributed by atoms with Crippen LogP contribution in [0, 0.1) is 12.8 Å². The molecule has 1 heterocycles. The maximum atomic E-state index is 12.9. The van der Waals surface area contributed by atoms with Crippen molar-refractivity contribution < 1.29 is 9.59 Å². The van der Waals surface area contributed by atoms with Gasteiger partial charge in [-0.2, -0.15) is 0 Å². The van der Waals surface area contributed by atoms with E-state index in [2.05, 4.69) is 24.4 Å². The summed E-state index contributed by atoms with van der Waals surface area (Å²) in [5.41, 5.74) is 3.03. The molecule has 1 N–H and O–H groups in total. The van der Waals surface area contributed by atoms with Crippen LogP contribution in [0.3, 0.4) is 0 Å². The molecule has 2 fully saturated rings. The molecule has 1 aliphatic carbocycles. The van der Waals surface area contributed by atoms with Crippen molar-refractivity contribution >= 4 is 11.8 Å². The van der Waals surface area contributed by atoms with Gasteiger partial charge in [-0.05, 0) is 43.0 Å². The van der Waals surface area contributed by atoms with E-state index in [0.717, 1.165) is 12.8 Å². The lowest BCUT2D eigenvalue weighted by molar-refractivity contribution is -0.125. The summed E-state index contributed by atoms with van der Waals surface area (Å²) in [6.07, 6.45) is 2.14. The Bertz CT molecular complexity index is 814.